The average molecular weight is 417 g/mol. The Labute approximate surface area is 175 Å². The van der Waals surface area contributed by atoms with Crippen molar-refractivity contribution in [2.75, 3.05) is 37.5 Å². The maximum Gasteiger partial charge on any atom is 0.259 e. The molecule has 0 unspecified atom stereocenters. The highest BCUT2D eigenvalue weighted by molar-refractivity contribution is 7.98. The minimum Gasteiger partial charge on any atom is -0.367 e. The van der Waals surface area contributed by atoms with E-state index in [9.17, 15) is 9.59 Å². The first kappa shape index (κ1) is 21.4. The van der Waals surface area contributed by atoms with Crippen LogP contribution in [-0.4, -0.2) is 58.7 Å². The molecule has 0 saturated carbocycles. The lowest BCUT2D eigenvalue weighted by molar-refractivity contribution is -0.132. The molecule has 0 bridgehead atoms. The maximum atomic E-state index is 12.8. The van der Waals surface area contributed by atoms with E-state index in [1.165, 1.54) is 7.11 Å². The van der Waals surface area contributed by atoms with Crippen LogP contribution in [0.1, 0.15) is 37.0 Å². The first-order valence-electron chi connectivity index (χ1n) is 9.83. The SMILES string of the molecule is CO[C@H](C(=O)Nc1ccnn1C1CCN(C(=O)CCSC)CC1)c1ccccc1. The Kier molecular flexibility index (Phi) is 7.71. The fraction of sp³-hybridized carbons (Fsp3) is 0.476. The molecule has 8 heteroatoms. The van der Waals surface area contributed by atoms with Gasteiger partial charge in [-0.25, -0.2) is 4.68 Å². The highest BCUT2D eigenvalue weighted by Gasteiger charge is 2.27. The molecule has 2 amide bonds. The Morgan fingerprint density at radius 3 is 2.62 bits per heavy atom. The molecule has 0 radical (unpaired) electrons. The van der Waals surface area contributed by atoms with Crippen molar-refractivity contribution in [3.05, 3.63) is 48.2 Å². The van der Waals surface area contributed by atoms with Crippen LogP contribution in [0, 0.1) is 0 Å². The van der Waals surface area contributed by atoms with Crippen LogP contribution < -0.4 is 5.32 Å². The number of benzene rings is 1. The molecule has 1 aliphatic rings. The number of rotatable bonds is 8. The molecule has 1 saturated heterocycles. The molecule has 1 aromatic carbocycles. The second kappa shape index (κ2) is 10.5. The number of carbonyl (C=O) groups is 2. The lowest BCUT2D eigenvalue weighted by Crippen LogP contribution is -2.39. The first-order valence-corrected chi connectivity index (χ1v) is 11.2. The van der Waals surface area contributed by atoms with Gasteiger partial charge in [0, 0.05) is 38.4 Å². The van der Waals surface area contributed by atoms with Crippen LogP contribution in [0.4, 0.5) is 5.82 Å². The number of ether oxygens (including phenoxy) is 1. The smallest absolute Gasteiger partial charge is 0.259 e. The number of amides is 2. The topological polar surface area (TPSA) is 76.5 Å². The van der Waals surface area contributed by atoms with Gasteiger partial charge >= 0.3 is 0 Å². The fourth-order valence-electron chi connectivity index (χ4n) is 3.63. The van der Waals surface area contributed by atoms with Crippen molar-refractivity contribution >= 4 is 29.4 Å². The van der Waals surface area contributed by atoms with Crippen molar-refractivity contribution in [2.24, 2.45) is 0 Å². The van der Waals surface area contributed by atoms with E-state index in [4.69, 9.17) is 4.74 Å². The van der Waals surface area contributed by atoms with Gasteiger partial charge < -0.3 is 15.0 Å². The van der Waals surface area contributed by atoms with Crippen LogP contribution in [0.2, 0.25) is 0 Å². The summed E-state index contributed by atoms with van der Waals surface area (Å²) in [6.07, 6.45) is 5.25. The number of hydrogen-bond acceptors (Lipinski definition) is 5. The highest BCUT2D eigenvalue weighted by Crippen LogP contribution is 2.27. The molecule has 156 valence electrons. The van der Waals surface area contributed by atoms with E-state index >= 15 is 0 Å². The molecule has 1 atom stereocenters. The molecular weight excluding hydrogens is 388 g/mol. The standard InChI is InChI=1S/C21H28N4O3S/c1-28-20(16-6-4-3-5-7-16)21(27)23-18-8-12-22-25(18)17-9-13-24(14-10-17)19(26)11-15-29-2/h3-8,12,17,20H,9-11,13-15H2,1-2H3,(H,23,27)/t20-/m0/s1. The third-order valence-electron chi connectivity index (χ3n) is 5.18. The Bertz CT molecular complexity index is 803. The van der Waals surface area contributed by atoms with Crippen LogP contribution in [0.3, 0.4) is 0 Å². The average Bonchev–Trinajstić information content (AvgIpc) is 3.21. The number of aromatic nitrogens is 2. The molecule has 2 heterocycles. The molecule has 3 rings (SSSR count). The van der Waals surface area contributed by atoms with Crippen LogP contribution >= 0.6 is 11.8 Å². The molecule has 2 aromatic rings. The van der Waals surface area contributed by atoms with Crippen molar-refractivity contribution in [1.82, 2.24) is 14.7 Å². The minimum absolute atomic E-state index is 0.155. The van der Waals surface area contributed by atoms with Gasteiger partial charge in [-0.15, -0.1) is 0 Å². The van der Waals surface area contributed by atoms with Gasteiger partial charge in [0.05, 0.1) is 12.2 Å². The Morgan fingerprint density at radius 1 is 1.24 bits per heavy atom. The molecule has 1 N–H and O–H groups in total. The Morgan fingerprint density at radius 2 is 1.97 bits per heavy atom. The summed E-state index contributed by atoms with van der Waals surface area (Å²) in [5.41, 5.74) is 0.802. The molecule has 7 nitrogen and oxygen atoms in total. The summed E-state index contributed by atoms with van der Waals surface area (Å²) < 4.78 is 7.28. The van der Waals surface area contributed by atoms with E-state index in [1.54, 1.807) is 24.0 Å². The van der Waals surface area contributed by atoms with Crippen molar-refractivity contribution in [3.8, 4) is 0 Å². The van der Waals surface area contributed by atoms with E-state index in [0.717, 1.165) is 37.2 Å². The van der Waals surface area contributed by atoms with Crippen molar-refractivity contribution in [3.63, 3.8) is 0 Å². The predicted octanol–water partition coefficient (Wildman–Crippen LogP) is 3.13. The number of thioether (sulfide) groups is 1. The summed E-state index contributed by atoms with van der Waals surface area (Å²) in [4.78, 5) is 26.9. The molecule has 1 aromatic heterocycles. The van der Waals surface area contributed by atoms with Crippen molar-refractivity contribution < 1.29 is 14.3 Å². The first-order chi connectivity index (χ1) is 14.1. The second-order valence-corrected chi connectivity index (χ2v) is 8.02. The molecular formula is C21H28N4O3S. The Hall–Kier alpha value is -2.32. The van der Waals surface area contributed by atoms with E-state index in [0.29, 0.717) is 12.2 Å². The zero-order valence-corrected chi connectivity index (χ0v) is 17.7. The number of piperidine rings is 1. The largest absolute Gasteiger partial charge is 0.367 e. The van der Waals surface area contributed by atoms with Gasteiger partial charge in [0.15, 0.2) is 6.10 Å². The van der Waals surface area contributed by atoms with Gasteiger partial charge in [0.2, 0.25) is 5.91 Å². The van der Waals surface area contributed by atoms with Crippen LogP contribution in [0.25, 0.3) is 0 Å². The monoisotopic (exact) mass is 416 g/mol. The summed E-state index contributed by atoms with van der Waals surface area (Å²) in [5.74, 6) is 1.50. The summed E-state index contributed by atoms with van der Waals surface area (Å²) in [7, 11) is 1.53. The zero-order valence-electron chi connectivity index (χ0n) is 16.9. The molecule has 29 heavy (non-hydrogen) atoms. The van der Waals surface area contributed by atoms with Gasteiger partial charge in [-0.1, -0.05) is 30.3 Å². The molecule has 0 spiro atoms. The second-order valence-electron chi connectivity index (χ2n) is 7.03. The van der Waals surface area contributed by atoms with E-state index in [1.807, 2.05) is 46.2 Å². The van der Waals surface area contributed by atoms with Crippen LogP contribution in [0.15, 0.2) is 42.6 Å². The van der Waals surface area contributed by atoms with E-state index in [-0.39, 0.29) is 17.9 Å². The third-order valence-corrected chi connectivity index (χ3v) is 5.79. The fourth-order valence-corrected chi connectivity index (χ4v) is 4.00. The van der Waals surface area contributed by atoms with Crippen molar-refractivity contribution in [1.29, 1.82) is 0 Å². The van der Waals surface area contributed by atoms with Gasteiger partial charge in [0.1, 0.15) is 5.82 Å². The molecule has 1 fully saturated rings. The van der Waals surface area contributed by atoms with E-state index < -0.39 is 6.10 Å². The van der Waals surface area contributed by atoms with Gasteiger partial charge in [-0.3, -0.25) is 9.59 Å². The number of anilines is 1. The van der Waals surface area contributed by atoms with Crippen LogP contribution in [0.5, 0.6) is 0 Å². The van der Waals surface area contributed by atoms with Crippen LogP contribution in [-0.2, 0) is 14.3 Å². The number of likely N-dealkylation sites (tertiary alicyclic amines) is 1. The third kappa shape index (κ3) is 5.39. The van der Waals surface area contributed by atoms with Gasteiger partial charge in [-0.2, -0.15) is 16.9 Å². The number of nitrogens with zero attached hydrogens (tertiary/aromatic N) is 3. The van der Waals surface area contributed by atoms with E-state index in [2.05, 4.69) is 10.4 Å². The number of methoxy groups -OCH3 is 1. The predicted molar refractivity (Wildman–Crippen MR) is 115 cm³/mol. The van der Waals surface area contributed by atoms with Gasteiger partial charge in [0.25, 0.3) is 5.91 Å². The summed E-state index contributed by atoms with van der Waals surface area (Å²) in [5, 5.41) is 7.38. The number of hydrogen-bond donors (Lipinski definition) is 1. The Balaban J connectivity index is 1.61. The quantitative estimate of drug-likeness (QED) is 0.716. The number of carbonyl (C=O) groups excluding carboxylic acids is 2. The number of nitrogens with one attached hydrogen (secondary N) is 1. The summed E-state index contributed by atoms with van der Waals surface area (Å²) in [6, 6.07) is 11.4. The maximum absolute atomic E-state index is 12.8. The normalized spacial score (nSPS) is 15.9. The zero-order chi connectivity index (χ0) is 20.6. The lowest BCUT2D eigenvalue weighted by Gasteiger charge is -2.33. The summed E-state index contributed by atoms with van der Waals surface area (Å²) in [6.45, 7) is 1.44. The molecule has 1 aliphatic heterocycles. The van der Waals surface area contributed by atoms with Crippen molar-refractivity contribution in [2.45, 2.75) is 31.4 Å². The lowest BCUT2D eigenvalue weighted by atomic mass is 10.0. The van der Waals surface area contributed by atoms with Gasteiger partial charge in [-0.05, 0) is 24.7 Å². The molecule has 0 aliphatic carbocycles. The highest BCUT2D eigenvalue weighted by atomic mass is 32.2. The minimum atomic E-state index is -0.685. The summed E-state index contributed by atoms with van der Waals surface area (Å²) >= 11 is 1.69.